The quantitative estimate of drug-likeness (QED) is 0.782. The van der Waals surface area contributed by atoms with Gasteiger partial charge in [0.15, 0.2) is 0 Å². The first kappa shape index (κ1) is 12.9. The van der Waals surface area contributed by atoms with Crippen LogP contribution in [0.15, 0.2) is 42.5 Å². The molecule has 0 spiro atoms. The molecule has 0 bridgehead atoms. The molecule has 1 N–H and O–H groups in total. The third kappa shape index (κ3) is 2.82. The summed E-state index contributed by atoms with van der Waals surface area (Å²) < 4.78 is 0. The van der Waals surface area contributed by atoms with Crippen LogP contribution in [0.2, 0.25) is 0 Å². The molecule has 2 rings (SSSR count). The van der Waals surface area contributed by atoms with Gasteiger partial charge in [-0.25, -0.2) is 0 Å². The Bertz CT molecular complexity index is 488. The number of benzene rings is 2. The second-order valence-electron chi connectivity index (χ2n) is 4.54. The number of hydrogen-bond donors (Lipinski definition) is 1. The van der Waals surface area contributed by atoms with Gasteiger partial charge in [0.25, 0.3) is 0 Å². The van der Waals surface area contributed by atoms with Gasteiger partial charge in [0.1, 0.15) is 0 Å². The Balaban J connectivity index is 2.27. The molecule has 0 aliphatic carbocycles. The zero-order valence-electron chi connectivity index (χ0n) is 11.3. The van der Waals surface area contributed by atoms with E-state index < -0.39 is 0 Å². The standard InChI is InChI=1S/C16H22N2/c1-3-18(13-7-12-17-2)16-11-6-9-14-8-4-5-10-15(14)16/h4-6,8-11,17H,3,7,12-13H2,1-2H3. The summed E-state index contributed by atoms with van der Waals surface area (Å²) in [5, 5.41) is 5.88. The van der Waals surface area contributed by atoms with Crippen molar-refractivity contribution in [2.75, 3.05) is 31.6 Å². The highest BCUT2D eigenvalue weighted by Crippen LogP contribution is 2.26. The second-order valence-corrected chi connectivity index (χ2v) is 4.54. The molecule has 0 unspecified atom stereocenters. The summed E-state index contributed by atoms with van der Waals surface area (Å²) in [5.41, 5.74) is 1.35. The Morgan fingerprint density at radius 2 is 1.83 bits per heavy atom. The minimum absolute atomic E-state index is 1.05. The van der Waals surface area contributed by atoms with Crippen LogP contribution in [0.25, 0.3) is 10.8 Å². The Kier molecular flexibility index (Phi) is 4.59. The first-order chi connectivity index (χ1) is 8.86. The molecule has 0 atom stereocenters. The van der Waals surface area contributed by atoms with Crippen molar-refractivity contribution in [3.05, 3.63) is 42.5 Å². The molecule has 0 aliphatic rings. The molecule has 2 nitrogen and oxygen atoms in total. The van der Waals surface area contributed by atoms with E-state index in [9.17, 15) is 0 Å². The molecule has 0 amide bonds. The number of anilines is 1. The van der Waals surface area contributed by atoms with E-state index in [4.69, 9.17) is 0 Å². The maximum Gasteiger partial charge on any atom is 0.0445 e. The molecule has 2 aromatic carbocycles. The van der Waals surface area contributed by atoms with E-state index in [2.05, 4.69) is 59.6 Å². The summed E-state index contributed by atoms with van der Waals surface area (Å²) in [6.45, 7) is 5.45. The summed E-state index contributed by atoms with van der Waals surface area (Å²) in [7, 11) is 2.01. The Hall–Kier alpha value is -1.54. The van der Waals surface area contributed by atoms with Crippen molar-refractivity contribution in [1.82, 2.24) is 5.32 Å². The molecule has 0 saturated carbocycles. The third-order valence-electron chi connectivity index (χ3n) is 3.34. The van der Waals surface area contributed by atoms with Gasteiger partial charge in [-0.15, -0.1) is 0 Å². The van der Waals surface area contributed by atoms with Crippen LogP contribution in [-0.2, 0) is 0 Å². The third-order valence-corrected chi connectivity index (χ3v) is 3.34. The van der Waals surface area contributed by atoms with Gasteiger partial charge in [0.2, 0.25) is 0 Å². The normalized spacial score (nSPS) is 10.8. The molecule has 18 heavy (non-hydrogen) atoms. The van der Waals surface area contributed by atoms with Crippen molar-refractivity contribution < 1.29 is 0 Å². The molecule has 2 heteroatoms. The smallest absolute Gasteiger partial charge is 0.0445 e. The lowest BCUT2D eigenvalue weighted by molar-refractivity contribution is 0.694. The van der Waals surface area contributed by atoms with Crippen molar-refractivity contribution in [3.8, 4) is 0 Å². The lowest BCUT2D eigenvalue weighted by Crippen LogP contribution is -2.26. The second kappa shape index (κ2) is 6.41. The maximum absolute atomic E-state index is 3.21. The summed E-state index contributed by atoms with van der Waals surface area (Å²) in [5.74, 6) is 0. The first-order valence-corrected chi connectivity index (χ1v) is 6.74. The highest BCUT2D eigenvalue weighted by molar-refractivity contribution is 5.94. The van der Waals surface area contributed by atoms with Crippen molar-refractivity contribution in [1.29, 1.82) is 0 Å². The number of rotatable bonds is 6. The molecule has 2 aromatic rings. The largest absolute Gasteiger partial charge is 0.371 e. The van der Waals surface area contributed by atoms with E-state index in [1.165, 1.54) is 22.9 Å². The Morgan fingerprint density at radius 3 is 2.61 bits per heavy atom. The molecule has 0 saturated heterocycles. The van der Waals surface area contributed by atoms with E-state index in [1.54, 1.807) is 0 Å². The van der Waals surface area contributed by atoms with E-state index >= 15 is 0 Å². The first-order valence-electron chi connectivity index (χ1n) is 6.74. The summed E-state index contributed by atoms with van der Waals surface area (Å²) in [4.78, 5) is 2.46. The lowest BCUT2D eigenvalue weighted by atomic mass is 10.1. The van der Waals surface area contributed by atoms with Gasteiger partial charge in [-0.3, -0.25) is 0 Å². The van der Waals surface area contributed by atoms with Crippen LogP contribution in [0, 0.1) is 0 Å². The molecule has 0 fully saturated rings. The average Bonchev–Trinajstić information content (AvgIpc) is 2.43. The van der Waals surface area contributed by atoms with Crippen LogP contribution in [0.1, 0.15) is 13.3 Å². The highest BCUT2D eigenvalue weighted by atomic mass is 15.1. The molecule has 0 aliphatic heterocycles. The van der Waals surface area contributed by atoms with E-state index in [1.807, 2.05) is 7.05 Å². The minimum Gasteiger partial charge on any atom is -0.371 e. The van der Waals surface area contributed by atoms with Crippen molar-refractivity contribution >= 4 is 16.5 Å². The van der Waals surface area contributed by atoms with Crippen LogP contribution in [-0.4, -0.2) is 26.7 Å². The van der Waals surface area contributed by atoms with Crippen LogP contribution < -0.4 is 10.2 Å². The summed E-state index contributed by atoms with van der Waals surface area (Å²) >= 11 is 0. The SMILES string of the molecule is CCN(CCCNC)c1cccc2ccccc12. The highest BCUT2D eigenvalue weighted by Gasteiger charge is 2.07. The number of hydrogen-bond acceptors (Lipinski definition) is 2. The number of nitrogens with one attached hydrogen (secondary N) is 1. The van der Waals surface area contributed by atoms with Gasteiger partial charge in [-0.05, 0) is 38.4 Å². The van der Waals surface area contributed by atoms with Crippen LogP contribution in [0.3, 0.4) is 0 Å². The Labute approximate surface area is 110 Å². The van der Waals surface area contributed by atoms with Crippen LogP contribution in [0.5, 0.6) is 0 Å². The van der Waals surface area contributed by atoms with Crippen LogP contribution >= 0.6 is 0 Å². The predicted octanol–water partition coefficient (Wildman–Crippen LogP) is 3.28. The van der Waals surface area contributed by atoms with Crippen molar-refractivity contribution in [3.63, 3.8) is 0 Å². The molecule has 0 radical (unpaired) electrons. The molecule has 0 heterocycles. The summed E-state index contributed by atoms with van der Waals surface area (Å²) in [6, 6.07) is 15.2. The fraction of sp³-hybridized carbons (Fsp3) is 0.375. The minimum atomic E-state index is 1.05. The topological polar surface area (TPSA) is 15.3 Å². The lowest BCUT2D eigenvalue weighted by Gasteiger charge is -2.24. The monoisotopic (exact) mass is 242 g/mol. The van der Waals surface area contributed by atoms with Gasteiger partial charge in [0.05, 0.1) is 0 Å². The molecular formula is C16H22N2. The van der Waals surface area contributed by atoms with Gasteiger partial charge >= 0.3 is 0 Å². The number of nitrogens with zero attached hydrogens (tertiary/aromatic N) is 1. The van der Waals surface area contributed by atoms with Gasteiger partial charge in [-0.2, -0.15) is 0 Å². The zero-order chi connectivity index (χ0) is 12.8. The van der Waals surface area contributed by atoms with E-state index in [0.29, 0.717) is 0 Å². The summed E-state index contributed by atoms with van der Waals surface area (Å²) in [6.07, 6.45) is 1.17. The predicted molar refractivity (Wildman–Crippen MR) is 80.4 cm³/mol. The average molecular weight is 242 g/mol. The molecule has 96 valence electrons. The van der Waals surface area contributed by atoms with Crippen molar-refractivity contribution in [2.45, 2.75) is 13.3 Å². The zero-order valence-corrected chi connectivity index (χ0v) is 11.3. The molecule has 0 aromatic heterocycles. The van der Waals surface area contributed by atoms with Gasteiger partial charge < -0.3 is 10.2 Å². The number of fused-ring (bicyclic) bond motifs is 1. The van der Waals surface area contributed by atoms with Crippen LogP contribution in [0.4, 0.5) is 5.69 Å². The van der Waals surface area contributed by atoms with Gasteiger partial charge in [0, 0.05) is 24.2 Å². The van der Waals surface area contributed by atoms with E-state index in [-0.39, 0.29) is 0 Å². The maximum atomic E-state index is 3.21. The van der Waals surface area contributed by atoms with E-state index in [0.717, 1.165) is 19.6 Å². The Morgan fingerprint density at radius 1 is 1.06 bits per heavy atom. The fourth-order valence-corrected chi connectivity index (χ4v) is 2.38. The van der Waals surface area contributed by atoms with Gasteiger partial charge in [-0.1, -0.05) is 36.4 Å². The van der Waals surface area contributed by atoms with Crippen molar-refractivity contribution in [2.24, 2.45) is 0 Å². The fourth-order valence-electron chi connectivity index (χ4n) is 2.38. The molecular weight excluding hydrogens is 220 g/mol.